The van der Waals surface area contributed by atoms with Crippen molar-refractivity contribution < 1.29 is 4.79 Å². The lowest BCUT2D eigenvalue weighted by molar-refractivity contribution is -0.128. The van der Waals surface area contributed by atoms with E-state index >= 15 is 0 Å². The number of aromatic nitrogens is 1. The highest BCUT2D eigenvalue weighted by atomic mass is 32.1. The van der Waals surface area contributed by atoms with Gasteiger partial charge in [-0.05, 0) is 11.5 Å². The Labute approximate surface area is 97.8 Å². The van der Waals surface area contributed by atoms with Crippen LogP contribution in [-0.2, 0) is 4.79 Å². The number of carbonyl (C=O) groups excluding carboxylic acids is 1. The molecule has 0 aliphatic carbocycles. The van der Waals surface area contributed by atoms with Crippen molar-refractivity contribution in [3.63, 3.8) is 0 Å². The summed E-state index contributed by atoms with van der Waals surface area (Å²) in [5, 5.41) is 12.4. The molecule has 0 fully saturated rings. The molecule has 0 unspecified atom stereocenters. The van der Waals surface area contributed by atoms with Crippen LogP contribution in [0.1, 0.15) is 12.0 Å². The second-order valence-electron chi connectivity index (χ2n) is 3.35. The minimum Gasteiger partial charge on any atom is -0.382 e. The molecule has 0 aliphatic heterocycles. The van der Waals surface area contributed by atoms with Crippen LogP contribution in [0.4, 0.5) is 10.8 Å². The Balaban J connectivity index is 2.50. The van der Waals surface area contributed by atoms with Gasteiger partial charge in [0.2, 0.25) is 5.91 Å². The van der Waals surface area contributed by atoms with Crippen molar-refractivity contribution in [1.29, 1.82) is 5.26 Å². The molecule has 0 aliphatic rings. The number of nitrogens with zero attached hydrogens (tertiary/aromatic N) is 3. The maximum atomic E-state index is 11.3. The second kappa shape index (κ2) is 5.32. The summed E-state index contributed by atoms with van der Waals surface area (Å²) >= 11 is 1.13. The lowest BCUT2D eigenvalue weighted by Gasteiger charge is -2.10. The van der Waals surface area contributed by atoms with E-state index in [1.807, 2.05) is 6.07 Å². The fraction of sp³-hybridized carbons (Fsp3) is 0.444. The largest absolute Gasteiger partial charge is 0.382 e. The molecule has 1 rings (SSSR count). The zero-order valence-corrected chi connectivity index (χ0v) is 9.97. The fourth-order valence-corrected chi connectivity index (χ4v) is 1.73. The van der Waals surface area contributed by atoms with Gasteiger partial charge in [-0.1, -0.05) is 0 Å². The average Bonchev–Trinajstić information content (AvgIpc) is 2.59. The van der Waals surface area contributed by atoms with Crippen LogP contribution >= 0.6 is 11.5 Å². The van der Waals surface area contributed by atoms with Crippen molar-refractivity contribution in [2.75, 3.05) is 31.7 Å². The molecule has 0 atom stereocenters. The molecule has 7 heteroatoms. The molecule has 86 valence electrons. The van der Waals surface area contributed by atoms with Gasteiger partial charge in [0.15, 0.2) is 5.82 Å². The smallest absolute Gasteiger partial charge is 0.223 e. The van der Waals surface area contributed by atoms with E-state index in [0.29, 0.717) is 23.5 Å². The normalized spacial score (nSPS) is 9.56. The summed E-state index contributed by atoms with van der Waals surface area (Å²) in [7, 11) is 3.40. The number of nitrogen functional groups attached to an aromatic ring is 1. The molecular formula is C9H13N5OS. The highest BCUT2D eigenvalue weighted by Gasteiger charge is 2.11. The van der Waals surface area contributed by atoms with Gasteiger partial charge in [-0.25, -0.2) is 0 Å². The molecule has 0 radical (unpaired) electrons. The maximum Gasteiger partial charge on any atom is 0.223 e. The van der Waals surface area contributed by atoms with Gasteiger partial charge in [-0.2, -0.15) is 9.64 Å². The standard InChI is InChI=1S/C9H13N5OS/c1-14(2)7(15)3-4-12-9-6(5-10)8(11)13-16-9/h12H,3-4H2,1-2H3,(H2,11,13). The zero-order valence-electron chi connectivity index (χ0n) is 9.15. The van der Waals surface area contributed by atoms with Crippen LogP contribution < -0.4 is 11.1 Å². The van der Waals surface area contributed by atoms with E-state index in [-0.39, 0.29) is 11.7 Å². The summed E-state index contributed by atoms with van der Waals surface area (Å²) in [6, 6.07) is 1.97. The van der Waals surface area contributed by atoms with E-state index in [0.717, 1.165) is 11.5 Å². The third kappa shape index (κ3) is 2.84. The van der Waals surface area contributed by atoms with Crippen molar-refractivity contribution >= 4 is 28.3 Å². The Bertz CT molecular complexity index is 420. The summed E-state index contributed by atoms with van der Waals surface area (Å²) in [4.78, 5) is 12.8. The molecule has 1 amide bonds. The lowest BCUT2D eigenvalue weighted by atomic mass is 10.3. The van der Waals surface area contributed by atoms with Gasteiger partial charge in [-0.3, -0.25) is 4.79 Å². The summed E-state index contributed by atoms with van der Waals surface area (Å²) in [6.07, 6.45) is 0.371. The molecule has 0 spiro atoms. The number of rotatable bonds is 4. The van der Waals surface area contributed by atoms with Gasteiger partial charge >= 0.3 is 0 Å². The topological polar surface area (TPSA) is 95.0 Å². The van der Waals surface area contributed by atoms with Gasteiger partial charge in [-0.15, -0.1) is 0 Å². The van der Waals surface area contributed by atoms with Crippen LogP contribution in [0, 0.1) is 11.3 Å². The average molecular weight is 239 g/mol. The van der Waals surface area contributed by atoms with E-state index in [4.69, 9.17) is 11.0 Å². The number of hydrogen-bond donors (Lipinski definition) is 2. The lowest BCUT2D eigenvalue weighted by Crippen LogP contribution is -2.23. The van der Waals surface area contributed by atoms with Crippen molar-refractivity contribution in [2.45, 2.75) is 6.42 Å². The SMILES string of the molecule is CN(C)C(=O)CCNc1snc(N)c1C#N. The number of amides is 1. The first-order chi connectivity index (χ1) is 7.56. The molecule has 0 aromatic carbocycles. The zero-order chi connectivity index (χ0) is 12.1. The van der Waals surface area contributed by atoms with Crippen LogP contribution in [-0.4, -0.2) is 35.8 Å². The summed E-state index contributed by atoms with van der Waals surface area (Å²) < 4.78 is 3.86. The Morgan fingerprint density at radius 2 is 2.38 bits per heavy atom. The van der Waals surface area contributed by atoms with Gasteiger partial charge in [0.1, 0.15) is 16.6 Å². The molecule has 1 aromatic rings. The van der Waals surface area contributed by atoms with Crippen molar-refractivity contribution in [3.8, 4) is 6.07 Å². The van der Waals surface area contributed by atoms with Crippen molar-refractivity contribution in [3.05, 3.63) is 5.56 Å². The third-order valence-electron chi connectivity index (χ3n) is 1.95. The molecule has 6 nitrogen and oxygen atoms in total. The highest BCUT2D eigenvalue weighted by molar-refractivity contribution is 7.10. The molecule has 0 saturated heterocycles. The van der Waals surface area contributed by atoms with Crippen molar-refractivity contribution in [1.82, 2.24) is 9.27 Å². The quantitative estimate of drug-likeness (QED) is 0.797. The van der Waals surface area contributed by atoms with E-state index < -0.39 is 0 Å². The fourth-order valence-electron chi connectivity index (χ4n) is 1.04. The van der Waals surface area contributed by atoms with Gasteiger partial charge in [0.05, 0.1) is 0 Å². The number of anilines is 2. The Morgan fingerprint density at radius 1 is 1.69 bits per heavy atom. The maximum absolute atomic E-state index is 11.3. The van der Waals surface area contributed by atoms with Gasteiger partial charge in [0, 0.05) is 27.1 Å². The minimum atomic E-state index is 0.0310. The molecular weight excluding hydrogens is 226 g/mol. The van der Waals surface area contributed by atoms with Gasteiger partial charge < -0.3 is 16.0 Å². The van der Waals surface area contributed by atoms with Crippen LogP contribution in [0.2, 0.25) is 0 Å². The predicted octanol–water partition coefficient (Wildman–Crippen LogP) is 0.487. The number of nitrogens with one attached hydrogen (secondary N) is 1. The number of carbonyl (C=O) groups is 1. The van der Waals surface area contributed by atoms with Crippen LogP contribution in [0.15, 0.2) is 0 Å². The molecule has 0 saturated carbocycles. The Hall–Kier alpha value is -1.81. The minimum absolute atomic E-state index is 0.0310. The van der Waals surface area contributed by atoms with Crippen molar-refractivity contribution in [2.24, 2.45) is 0 Å². The van der Waals surface area contributed by atoms with Crippen LogP contribution in [0.3, 0.4) is 0 Å². The highest BCUT2D eigenvalue weighted by Crippen LogP contribution is 2.25. The molecule has 0 bridgehead atoms. The summed E-state index contributed by atoms with van der Waals surface area (Å²) in [6.45, 7) is 0.466. The van der Waals surface area contributed by atoms with E-state index in [2.05, 4.69) is 9.69 Å². The van der Waals surface area contributed by atoms with Crippen LogP contribution in [0.25, 0.3) is 0 Å². The summed E-state index contributed by atoms with van der Waals surface area (Å²) in [5.41, 5.74) is 5.84. The monoisotopic (exact) mass is 239 g/mol. The number of nitrogens with two attached hydrogens (primary N) is 1. The molecule has 1 aromatic heterocycles. The predicted molar refractivity (Wildman–Crippen MR) is 63.0 cm³/mol. The Kier molecular flexibility index (Phi) is 4.08. The van der Waals surface area contributed by atoms with E-state index in [1.165, 1.54) is 4.90 Å². The molecule has 16 heavy (non-hydrogen) atoms. The van der Waals surface area contributed by atoms with Gasteiger partial charge in [0.25, 0.3) is 0 Å². The first-order valence-corrected chi connectivity index (χ1v) is 5.43. The first kappa shape index (κ1) is 12.3. The molecule has 3 N–H and O–H groups in total. The third-order valence-corrected chi connectivity index (χ3v) is 2.77. The van der Waals surface area contributed by atoms with E-state index in [9.17, 15) is 4.79 Å². The second-order valence-corrected chi connectivity index (χ2v) is 4.12. The summed E-state index contributed by atoms with van der Waals surface area (Å²) in [5.74, 6) is 0.262. The number of hydrogen-bond acceptors (Lipinski definition) is 6. The molecule has 1 heterocycles. The van der Waals surface area contributed by atoms with Crippen LogP contribution in [0.5, 0.6) is 0 Å². The van der Waals surface area contributed by atoms with E-state index in [1.54, 1.807) is 14.1 Å². The number of nitriles is 1. The Morgan fingerprint density at radius 3 is 2.94 bits per heavy atom. The first-order valence-electron chi connectivity index (χ1n) is 4.65.